The minimum atomic E-state index is -4.65. The van der Waals surface area contributed by atoms with Gasteiger partial charge in [0.15, 0.2) is 0 Å². The van der Waals surface area contributed by atoms with E-state index < -0.39 is 17.3 Å². The van der Waals surface area contributed by atoms with Gasteiger partial charge in [-0.15, -0.1) is 11.3 Å². The van der Waals surface area contributed by atoms with Crippen LogP contribution < -0.4 is 0 Å². The van der Waals surface area contributed by atoms with E-state index in [1.54, 1.807) is 35.7 Å². The Morgan fingerprint density at radius 3 is 2.48 bits per heavy atom. The van der Waals surface area contributed by atoms with E-state index in [9.17, 15) is 18.4 Å². The molecule has 0 aromatic carbocycles. The molecule has 7 heteroatoms. The number of aromatic nitrogens is 2. The highest BCUT2D eigenvalue weighted by Gasteiger charge is 2.36. The quantitative estimate of drug-likeness (QED) is 0.680. The van der Waals surface area contributed by atoms with E-state index in [-0.39, 0.29) is 17.1 Å². The third kappa shape index (κ3) is 2.94. The zero-order valence-corrected chi connectivity index (χ0v) is 12.3. The van der Waals surface area contributed by atoms with Crippen LogP contribution in [-0.2, 0) is 6.18 Å². The maximum absolute atomic E-state index is 13.4. The van der Waals surface area contributed by atoms with Crippen molar-refractivity contribution in [1.29, 1.82) is 5.26 Å². The number of nitriles is 1. The first-order valence-corrected chi connectivity index (χ1v) is 7.36. The summed E-state index contributed by atoms with van der Waals surface area (Å²) < 4.78 is 40.1. The van der Waals surface area contributed by atoms with Crippen LogP contribution in [0.1, 0.15) is 11.1 Å². The van der Waals surface area contributed by atoms with Crippen LogP contribution in [0.25, 0.3) is 22.0 Å². The highest BCUT2D eigenvalue weighted by molar-refractivity contribution is 7.13. The van der Waals surface area contributed by atoms with Gasteiger partial charge in [0, 0.05) is 6.20 Å². The highest BCUT2D eigenvalue weighted by Crippen LogP contribution is 2.38. The molecule has 3 heterocycles. The number of nitrogens with zero attached hydrogens (tertiary/aromatic N) is 3. The first-order valence-electron chi connectivity index (χ1n) is 6.48. The Bertz CT molecular complexity index is 866. The van der Waals surface area contributed by atoms with Gasteiger partial charge in [0.2, 0.25) is 0 Å². The Hall–Kier alpha value is -2.72. The second kappa shape index (κ2) is 5.82. The van der Waals surface area contributed by atoms with Gasteiger partial charge in [0.25, 0.3) is 0 Å². The lowest BCUT2D eigenvalue weighted by Gasteiger charge is -2.13. The minimum absolute atomic E-state index is 0.0636. The standard InChI is InChI=1S/C16H8F3N3S/c17-16(18,19)11-8-13(14-5-3-7-23-14)22-15(10(11)9-20)12-4-1-2-6-21-12/h1-8H. The Kier molecular flexibility index (Phi) is 3.84. The van der Waals surface area contributed by atoms with E-state index in [1.165, 1.54) is 23.6 Å². The maximum atomic E-state index is 13.4. The van der Waals surface area contributed by atoms with Crippen molar-refractivity contribution in [1.82, 2.24) is 9.97 Å². The fraction of sp³-hybridized carbons (Fsp3) is 0.0625. The van der Waals surface area contributed by atoms with Gasteiger partial charge < -0.3 is 0 Å². The van der Waals surface area contributed by atoms with Gasteiger partial charge in [-0.3, -0.25) is 4.98 Å². The van der Waals surface area contributed by atoms with E-state index in [0.29, 0.717) is 4.88 Å². The summed E-state index contributed by atoms with van der Waals surface area (Å²) in [6.45, 7) is 0. The Morgan fingerprint density at radius 1 is 1.09 bits per heavy atom. The molecule has 3 rings (SSSR count). The molecule has 0 unspecified atom stereocenters. The summed E-state index contributed by atoms with van der Waals surface area (Å²) in [6, 6.07) is 10.8. The number of hydrogen-bond acceptors (Lipinski definition) is 4. The van der Waals surface area contributed by atoms with E-state index >= 15 is 0 Å². The molecule has 0 spiro atoms. The number of rotatable bonds is 2. The Morgan fingerprint density at radius 2 is 1.91 bits per heavy atom. The molecule has 0 aliphatic heterocycles. The predicted molar refractivity (Wildman–Crippen MR) is 80.5 cm³/mol. The molecule has 0 saturated heterocycles. The molecule has 0 radical (unpaired) electrons. The molecule has 114 valence electrons. The molecule has 3 aromatic rings. The second-order valence-corrected chi connectivity index (χ2v) is 5.53. The first kappa shape index (κ1) is 15.2. The van der Waals surface area contributed by atoms with Crippen molar-refractivity contribution in [2.75, 3.05) is 0 Å². The molecular weight excluding hydrogens is 323 g/mol. The second-order valence-electron chi connectivity index (χ2n) is 4.58. The number of hydrogen-bond donors (Lipinski definition) is 0. The van der Waals surface area contributed by atoms with E-state index in [0.717, 1.165) is 6.07 Å². The topological polar surface area (TPSA) is 49.6 Å². The summed E-state index contributed by atoms with van der Waals surface area (Å²) in [5, 5.41) is 11.0. The molecule has 0 N–H and O–H groups in total. The van der Waals surface area contributed by atoms with Crippen LogP contribution in [0.15, 0.2) is 48.0 Å². The molecule has 23 heavy (non-hydrogen) atoms. The number of alkyl halides is 3. The summed E-state index contributed by atoms with van der Waals surface area (Å²) in [5.74, 6) is 0. The zero-order valence-electron chi connectivity index (χ0n) is 11.5. The summed E-state index contributed by atoms with van der Waals surface area (Å²) in [6.07, 6.45) is -3.20. The van der Waals surface area contributed by atoms with Crippen molar-refractivity contribution in [2.24, 2.45) is 0 Å². The lowest BCUT2D eigenvalue weighted by Crippen LogP contribution is -2.11. The summed E-state index contributed by atoms with van der Waals surface area (Å²) in [5.41, 5.74) is -1.18. The van der Waals surface area contributed by atoms with Crippen LogP contribution in [0.3, 0.4) is 0 Å². The van der Waals surface area contributed by atoms with Crippen LogP contribution in [0.2, 0.25) is 0 Å². The number of pyridine rings is 2. The predicted octanol–water partition coefficient (Wildman–Crippen LogP) is 4.76. The van der Waals surface area contributed by atoms with Gasteiger partial charge >= 0.3 is 6.18 Å². The van der Waals surface area contributed by atoms with Crippen molar-refractivity contribution in [2.45, 2.75) is 6.18 Å². The fourth-order valence-corrected chi connectivity index (χ4v) is 2.81. The molecule has 0 fully saturated rings. The molecule has 0 bridgehead atoms. The van der Waals surface area contributed by atoms with Crippen LogP contribution in [0.5, 0.6) is 0 Å². The smallest absolute Gasteiger partial charge is 0.255 e. The Balaban J connectivity index is 2.34. The van der Waals surface area contributed by atoms with E-state index in [4.69, 9.17) is 0 Å². The van der Waals surface area contributed by atoms with Gasteiger partial charge in [-0.05, 0) is 29.6 Å². The molecule has 0 aliphatic rings. The van der Waals surface area contributed by atoms with Gasteiger partial charge in [0.1, 0.15) is 11.8 Å². The Labute approximate surface area is 133 Å². The van der Waals surface area contributed by atoms with Crippen molar-refractivity contribution in [3.05, 3.63) is 59.1 Å². The van der Waals surface area contributed by atoms with Crippen LogP contribution in [-0.4, -0.2) is 9.97 Å². The summed E-state index contributed by atoms with van der Waals surface area (Å²) in [7, 11) is 0. The SMILES string of the molecule is N#Cc1c(C(F)(F)F)cc(-c2cccs2)nc1-c1ccccn1. The van der Waals surface area contributed by atoms with Crippen LogP contribution in [0, 0.1) is 11.3 Å². The average molecular weight is 331 g/mol. The molecule has 0 saturated carbocycles. The normalized spacial score (nSPS) is 11.2. The molecule has 0 amide bonds. The maximum Gasteiger partial charge on any atom is 0.417 e. The summed E-state index contributed by atoms with van der Waals surface area (Å²) in [4.78, 5) is 8.88. The van der Waals surface area contributed by atoms with E-state index in [2.05, 4.69) is 9.97 Å². The van der Waals surface area contributed by atoms with Crippen molar-refractivity contribution >= 4 is 11.3 Å². The molecule has 3 aromatic heterocycles. The highest BCUT2D eigenvalue weighted by atomic mass is 32.1. The first-order chi connectivity index (χ1) is 11.0. The van der Waals surface area contributed by atoms with Crippen LogP contribution >= 0.6 is 11.3 Å². The lowest BCUT2D eigenvalue weighted by molar-refractivity contribution is -0.137. The molecule has 3 nitrogen and oxygen atoms in total. The van der Waals surface area contributed by atoms with Gasteiger partial charge in [-0.25, -0.2) is 4.98 Å². The van der Waals surface area contributed by atoms with Crippen LogP contribution in [0.4, 0.5) is 13.2 Å². The number of halogens is 3. The van der Waals surface area contributed by atoms with Gasteiger partial charge in [-0.1, -0.05) is 12.1 Å². The third-order valence-electron chi connectivity index (χ3n) is 3.12. The van der Waals surface area contributed by atoms with Gasteiger partial charge in [-0.2, -0.15) is 18.4 Å². The van der Waals surface area contributed by atoms with Crippen molar-refractivity contribution in [3.63, 3.8) is 0 Å². The minimum Gasteiger partial charge on any atom is -0.255 e. The number of thiophene rings is 1. The molecule has 0 atom stereocenters. The zero-order chi connectivity index (χ0) is 16.4. The summed E-state index contributed by atoms with van der Waals surface area (Å²) >= 11 is 1.28. The molecular formula is C16H8F3N3S. The van der Waals surface area contributed by atoms with E-state index in [1.807, 2.05) is 0 Å². The van der Waals surface area contributed by atoms with Crippen molar-refractivity contribution in [3.8, 4) is 28.0 Å². The molecule has 0 aliphatic carbocycles. The van der Waals surface area contributed by atoms with Crippen molar-refractivity contribution < 1.29 is 13.2 Å². The monoisotopic (exact) mass is 331 g/mol. The third-order valence-corrected chi connectivity index (χ3v) is 4.01. The average Bonchev–Trinajstić information content (AvgIpc) is 3.08. The lowest BCUT2D eigenvalue weighted by atomic mass is 10.0. The largest absolute Gasteiger partial charge is 0.417 e. The van der Waals surface area contributed by atoms with Gasteiger partial charge in [0.05, 0.1) is 27.4 Å². The fourth-order valence-electron chi connectivity index (χ4n) is 2.12.